The number of halogens is 2. The molecular formula is C31H32F2N2O3Si2. The van der Waals surface area contributed by atoms with Gasteiger partial charge in [0.1, 0.15) is 17.9 Å². The van der Waals surface area contributed by atoms with Crippen molar-refractivity contribution in [3.63, 3.8) is 0 Å². The molecule has 40 heavy (non-hydrogen) atoms. The summed E-state index contributed by atoms with van der Waals surface area (Å²) in [4.78, 5) is 15.3. The largest absolute Gasteiger partial charge is 0.394 e. The molecule has 5 nitrogen and oxygen atoms in total. The normalized spacial score (nSPS) is 17.9. The van der Waals surface area contributed by atoms with Crippen molar-refractivity contribution >= 4 is 31.1 Å². The van der Waals surface area contributed by atoms with Crippen molar-refractivity contribution in [1.29, 1.82) is 5.26 Å². The number of hydrogen-bond acceptors (Lipinski definition) is 4. The van der Waals surface area contributed by atoms with Crippen LogP contribution < -0.4 is 4.90 Å². The molecule has 4 rings (SSSR count). The van der Waals surface area contributed by atoms with Gasteiger partial charge in [0.15, 0.2) is 0 Å². The van der Waals surface area contributed by atoms with Crippen LogP contribution >= 0.6 is 0 Å². The lowest BCUT2D eigenvalue weighted by molar-refractivity contribution is -0.131. The highest BCUT2D eigenvalue weighted by Gasteiger charge is 2.49. The zero-order valence-corrected chi connectivity index (χ0v) is 25.0. The topological polar surface area (TPSA) is 62.6 Å². The Morgan fingerprint density at radius 3 is 2.15 bits per heavy atom. The Hall–Kier alpha value is -3.17. The Bertz CT molecular complexity index is 1340. The third kappa shape index (κ3) is 6.26. The molecule has 1 aliphatic heterocycles. The Labute approximate surface area is 240 Å². The van der Waals surface area contributed by atoms with Crippen molar-refractivity contribution < 1.29 is 22.4 Å². The van der Waals surface area contributed by atoms with Crippen molar-refractivity contribution in [2.75, 3.05) is 4.90 Å². The fraction of sp³-hybridized carbons (Fsp3) is 0.355. The summed E-state index contributed by atoms with van der Waals surface area (Å²) in [6.45, 7) is 8.09. The van der Waals surface area contributed by atoms with E-state index < -0.39 is 11.7 Å². The molecule has 0 N–H and O–H groups in total. The molecule has 9 heteroatoms. The first kappa shape index (κ1) is 29.8. The van der Waals surface area contributed by atoms with Gasteiger partial charge in [-0.2, -0.15) is 5.26 Å². The van der Waals surface area contributed by atoms with Crippen LogP contribution in [-0.4, -0.2) is 31.7 Å². The summed E-state index contributed by atoms with van der Waals surface area (Å²) in [5.74, 6) is -1.18. The van der Waals surface area contributed by atoms with Gasteiger partial charge < -0.3 is 13.8 Å². The highest BCUT2D eigenvalue weighted by atomic mass is 28.2. The van der Waals surface area contributed by atoms with Gasteiger partial charge in [-0.25, -0.2) is 8.78 Å². The van der Waals surface area contributed by atoms with Gasteiger partial charge in [0, 0.05) is 11.1 Å². The van der Waals surface area contributed by atoms with Gasteiger partial charge in [0.05, 0.1) is 23.6 Å². The minimum Gasteiger partial charge on any atom is -0.394 e. The summed E-state index contributed by atoms with van der Waals surface area (Å²) in [6.07, 6.45) is 0.716. The number of benzene rings is 3. The first-order valence-corrected chi connectivity index (χ1v) is 16.0. The van der Waals surface area contributed by atoms with Crippen LogP contribution in [0.2, 0.25) is 13.1 Å². The lowest BCUT2D eigenvalue weighted by atomic mass is 9.69. The lowest BCUT2D eigenvalue weighted by Gasteiger charge is -2.49. The van der Waals surface area contributed by atoms with Gasteiger partial charge in [0.25, 0.3) is 0 Å². The molecule has 1 heterocycles. The molecular weight excluding hydrogens is 543 g/mol. The van der Waals surface area contributed by atoms with Gasteiger partial charge in [-0.3, -0.25) is 4.79 Å². The molecule has 1 amide bonds. The van der Waals surface area contributed by atoms with Crippen LogP contribution in [0.3, 0.4) is 0 Å². The monoisotopic (exact) mass is 574 g/mol. The van der Waals surface area contributed by atoms with Crippen LogP contribution in [0.15, 0.2) is 72.8 Å². The number of β-lactam (4-membered cyclic amide) rings is 1. The molecule has 1 aliphatic rings. The van der Waals surface area contributed by atoms with Crippen molar-refractivity contribution in [2.45, 2.75) is 58.0 Å². The Morgan fingerprint density at radius 2 is 1.57 bits per heavy atom. The Kier molecular flexibility index (Phi) is 9.69. The molecule has 0 aromatic heterocycles. The van der Waals surface area contributed by atoms with Gasteiger partial charge in [-0.15, -0.1) is 0 Å². The maximum atomic E-state index is 13.9. The van der Waals surface area contributed by atoms with E-state index in [-0.39, 0.29) is 54.9 Å². The second kappa shape index (κ2) is 13.0. The van der Waals surface area contributed by atoms with Gasteiger partial charge in [0.2, 0.25) is 25.4 Å². The summed E-state index contributed by atoms with van der Waals surface area (Å²) in [5, 5.41) is 9.50. The van der Waals surface area contributed by atoms with E-state index in [9.17, 15) is 18.8 Å². The number of hydrogen-bond donors (Lipinski definition) is 0. The van der Waals surface area contributed by atoms with Crippen molar-refractivity contribution in [3.05, 3.63) is 101 Å². The summed E-state index contributed by atoms with van der Waals surface area (Å²) in [5.41, 5.74) is 2.45. The van der Waals surface area contributed by atoms with Crippen LogP contribution in [0.5, 0.6) is 0 Å². The average Bonchev–Trinajstić information content (AvgIpc) is 2.95. The molecule has 1 fully saturated rings. The van der Waals surface area contributed by atoms with E-state index in [1.807, 2.05) is 31.3 Å². The fourth-order valence-corrected chi connectivity index (χ4v) is 6.84. The second-order valence-electron chi connectivity index (χ2n) is 10.5. The molecule has 206 valence electrons. The number of carbonyl (C=O) groups excluding carboxylic acids is 1. The van der Waals surface area contributed by atoms with E-state index in [1.165, 1.54) is 24.3 Å². The average molecular weight is 575 g/mol. The van der Waals surface area contributed by atoms with Crippen LogP contribution in [0.1, 0.15) is 55.3 Å². The third-order valence-corrected chi connectivity index (χ3v) is 8.57. The second-order valence-corrected chi connectivity index (χ2v) is 11.7. The summed E-state index contributed by atoms with van der Waals surface area (Å²) < 4.78 is 39.6. The summed E-state index contributed by atoms with van der Waals surface area (Å²) >= 11 is 0. The van der Waals surface area contributed by atoms with Crippen LogP contribution in [-0.2, 0) is 13.6 Å². The number of nitrogens with zero attached hydrogens (tertiary/aromatic N) is 2. The zero-order valence-electron chi connectivity index (χ0n) is 23.0. The first-order chi connectivity index (χ1) is 19.2. The summed E-state index contributed by atoms with van der Waals surface area (Å²) in [7, 11) is 0.471. The highest BCUT2D eigenvalue weighted by molar-refractivity contribution is 6.26. The van der Waals surface area contributed by atoms with E-state index in [4.69, 9.17) is 8.85 Å². The maximum absolute atomic E-state index is 13.9. The smallest absolute Gasteiger partial charge is 0.233 e. The minimum atomic E-state index is -0.483. The minimum absolute atomic E-state index is 0.0521. The molecule has 3 aromatic carbocycles. The lowest BCUT2D eigenvalue weighted by Crippen LogP contribution is -2.55. The number of nitriles is 1. The molecule has 3 unspecified atom stereocenters. The van der Waals surface area contributed by atoms with E-state index in [1.54, 1.807) is 35.2 Å². The Balaban J connectivity index is 1.67. The van der Waals surface area contributed by atoms with Crippen molar-refractivity contribution in [3.8, 4) is 6.07 Å². The number of anilines is 1. The fourth-order valence-electron chi connectivity index (χ4n) is 5.61. The third-order valence-electron chi connectivity index (χ3n) is 7.67. The SMILES string of the molecule is C[Si]OC(O[Si]C)C(C)(C)C(CCC1C(=O)N(c2ccc(F)cc2)C1c1cccc(C#N)c1)c1ccc(F)cc1. The van der Waals surface area contributed by atoms with Crippen molar-refractivity contribution in [2.24, 2.45) is 11.3 Å². The first-order valence-electron chi connectivity index (χ1n) is 13.2. The quantitative estimate of drug-likeness (QED) is 0.135. The van der Waals surface area contributed by atoms with Crippen LogP contribution in [0.25, 0.3) is 0 Å². The van der Waals surface area contributed by atoms with E-state index in [2.05, 4.69) is 19.9 Å². The Morgan fingerprint density at radius 1 is 0.975 bits per heavy atom. The molecule has 0 spiro atoms. The van der Waals surface area contributed by atoms with Gasteiger partial charge in [-0.05, 0) is 91.5 Å². The van der Waals surface area contributed by atoms with Gasteiger partial charge in [-0.1, -0.05) is 38.1 Å². The molecule has 0 saturated carbocycles. The molecule has 3 aromatic rings. The zero-order chi connectivity index (χ0) is 28.9. The number of amides is 1. The van der Waals surface area contributed by atoms with Crippen LogP contribution in [0, 0.1) is 34.3 Å². The maximum Gasteiger partial charge on any atom is 0.233 e. The van der Waals surface area contributed by atoms with E-state index >= 15 is 0 Å². The standard InChI is InChI=1S/C31H32F2N2O3Si2/c1-31(2,30(37-39-3)38-40-4)27(21-8-10-23(32)11-9-21)17-16-26-28(22-7-5-6-20(18-22)19-34)35(29(26)36)25-14-12-24(33)13-15-25/h5-15,18,26-28,30H,16-17H2,1-4H3. The predicted molar refractivity (Wildman–Crippen MR) is 153 cm³/mol. The van der Waals surface area contributed by atoms with Gasteiger partial charge >= 0.3 is 0 Å². The molecule has 1 saturated heterocycles. The predicted octanol–water partition coefficient (Wildman–Crippen LogP) is 6.82. The number of rotatable bonds is 12. The number of carbonyl (C=O) groups is 1. The highest BCUT2D eigenvalue weighted by Crippen LogP contribution is 2.49. The van der Waals surface area contributed by atoms with Crippen molar-refractivity contribution in [1.82, 2.24) is 0 Å². The van der Waals surface area contributed by atoms with Crippen LogP contribution in [0.4, 0.5) is 14.5 Å². The molecule has 0 aliphatic carbocycles. The molecule has 3 atom stereocenters. The van der Waals surface area contributed by atoms with E-state index in [0.29, 0.717) is 24.1 Å². The summed E-state index contributed by atoms with van der Waals surface area (Å²) in [6, 6.07) is 21.6. The molecule has 0 bridgehead atoms. The molecule has 4 radical (unpaired) electrons. The van der Waals surface area contributed by atoms with E-state index in [0.717, 1.165) is 11.1 Å².